The van der Waals surface area contributed by atoms with Gasteiger partial charge in [0.1, 0.15) is 6.33 Å². The van der Waals surface area contributed by atoms with E-state index in [1.165, 1.54) is 22.3 Å². The molecule has 1 fully saturated rings. The highest BCUT2D eigenvalue weighted by Gasteiger charge is 2.28. The maximum Gasteiger partial charge on any atom is 0.264 e. The standard InChI is InChI=1S/C21H17ClN6O2S/c22-15-5-6-17(28-13-23-24-25-28)16(12-15)20(29)26-7-9-27(10-8-26)21(30)19-11-14-3-1-2-4-18(14)31-19/h1-6,11-13H,7-10H2. The summed E-state index contributed by atoms with van der Waals surface area (Å²) in [5.74, 6) is -0.160. The molecule has 0 aliphatic carbocycles. The van der Waals surface area contributed by atoms with E-state index in [1.54, 1.807) is 28.0 Å². The van der Waals surface area contributed by atoms with Gasteiger partial charge in [-0.05, 0) is 46.1 Å². The van der Waals surface area contributed by atoms with E-state index in [0.717, 1.165) is 15.0 Å². The lowest BCUT2D eigenvalue weighted by atomic mass is 10.1. The van der Waals surface area contributed by atoms with Crippen LogP contribution in [0, 0.1) is 0 Å². The van der Waals surface area contributed by atoms with Gasteiger partial charge in [0, 0.05) is 35.9 Å². The lowest BCUT2D eigenvalue weighted by Crippen LogP contribution is -2.50. The molecule has 2 amide bonds. The summed E-state index contributed by atoms with van der Waals surface area (Å²) in [6, 6.07) is 14.9. The van der Waals surface area contributed by atoms with Gasteiger partial charge in [-0.25, -0.2) is 0 Å². The summed E-state index contributed by atoms with van der Waals surface area (Å²) in [5.41, 5.74) is 0.979. The van der Waals surface area contributed by atoms with Gasteiger partial charge in [-0.2, -0.15) is 4.68 Å². The van der Waals surface area contributed by atoms with Crippen LogP contribution in [0.2, 0.25) is 5.02 Å². The molecule has 2 aromatic carbocycles. The molecule has 0 saturated carbocycles. The summed E-state index contributed by atoms with van der Waals surface area (Å²) in [5, 5.41) is 12.7. The van der Waals surface area contributed by atoms with E-state index < -0.39 is 0 Å². The van der Waals surface area contributed by atoms with Crippen molar-refractivity contribution in [2.45, 2.75) is 0 Å². The number of tetrazole rings is 1. The van der Waals surface area contributed by atoms with Crippen molar-refractivity contribution >= 4 is 44.8 Å². The minimum atomic E-state index is -0.165. The quantitative estimate of drug-likeness (QED) is 0.477. The number of thiophene rings is 1. The SMILES string of the molecule is O=C(c1cc2ccccc2s1)N1CCN(C(=O)c2cc(Cl)ccc2-n2cnnn2)CC1. The van der Waals surface area contributed by atoms with Crippen molar-refractivity contribution in [3.05, 3.63) is 70.3 Å². The number of carbonyl (C=O) groups excluding carboxylic acids is 2. The number of hydrogen-bond donors (Lipinski definition) is 0. The average molecular weight is 453 g/mol. The number of benzene rings is 2. The molecule has 3 heterocycles. The Morgan fingerprint density at radius 2 is 1.68 bits per heavy atom. The summed E-state index contributed by atoms with van der Waals surface area (Å²) in [6.45, 7) is 1.83. The van der Waals surface area contributed by atoms with Crippen LogP contribution < -0.4 is 0 Å². The predicted molar refractivity (Wildman–Crippen MR) is 118 cm³/mol. The van der Waals surface area contributed by atoms with Crippen LogP contribution >= 0.6 is 22.9 Å². The van der Waals surface area contributed by atoms with Gasteiger partial charge in [-0.3, -0.25) is 9.59 Å². The summed E-state index contributed by atoms with van der Waals surface area (Å²) in [4.78, 5) is 30.4. The molecule has 1 aliphatic heterocycles. The van der Waals surface area contributed by atoms with Gasteiger partial charge in [0.05, 0.1) is 16.1 Å². The molecule has 31 heavy (non-hydrogen) atoms. The highest BCUT2D eigenvalue weighted by Crippen LogP contribution is 2.27. The number of aromatic nitrogens is 4. The van der Waals surface area contributed by atoms with Crippen molar-refractivity contribution in [2.24, 2.45) is 0 Å². The fourth-order valence-electron chi connectivity index (χ4n) is 3.68. The molecule has 10 heteroatoms. The van der Waals surface area contributed by atoms with Crippen LogP contribution in [0.5, 0.6) is 0 Å². The molecule has 4 aromatic rings. The number of halogens is 1. The van der Waals surface area contributed by atoms with E-state index in [4.69, 9.17) is 11.6 Å². The Labute approximate surface area is 186 Å². The van der Waals surface area contributed by atoms with Crippen LogP contribution in [-0.4, -0.2) is 68.0 Å². The number of carbonyl (C=O) groups is 2. The Balaban J connectivity index is 1.31. The molecule has 2 aromatic heterocycles. The lowest BCUT2D eigenvalue weighted by Gasteiger charge is -2.34. The molecular formula is C21H17ClN6O2S. The van der Waals surface area contributed by atoms with Gasteiger partial charge in [0.15, 0.2) is 0 Å². The van der Waals surface area contributed by atoms with Crippen LogP contribution in [0.1, 0.15) is 20.0 Å². The van der Waals surface area contributed by atoms with Crippen molar-refractivity contribution in [2.75, 3.05) is 26.2 Å². The minimum Gasteiger partial charge on any atom is -0.335 e. The Morgan fingerprint density at radius 1 is 0.935 bits per heavy atom. The molecule has 156 valence electrons. The normalized spacial score (nSPS) is 14.2. The number of fused-ring (bicyclic) bond motifs is 1. The first-order valence-electron chi connectivity index (χ1n) is 9.70. The highest BCUT2D eigenvalue weighted by molar-refractivity contribution is 7.20. The van der Waals surface area contributed by atoms with Crippen LogP contribution in [0.3, 0.4) is 0 Å². The largest absolute Gasteiger partial charge is 0.335 e. The maximum atomic E-state index is 13.2. The second-order valence-corrected chi connectivity index (χ2v) is 8.67. The third-order valence-electron chi connectivity index (χ3n) is 5.28. The number of amides is 2. The van der Waals surface area contributed by atoms with Crippen LogP contribution in [-0.2, 0) is 0 Å². The molecule has 0 radical (unpaired) electrons. The third-order valence-corrected chi connectivity index (χ3v) is 6.61. The molecule has 1 aliphatic rings. The van der Waals surface area contributed by atoms with E-state index in [2.05, 4.69) is 15.5 Å². The second kappa shape index (κ2) is 8.09. The monoisotopic (exact) mass is 452 g/mol. The van der Waals surface area contributed by atoms with Gasteiger partial charge < -0.3 is 9.80 Å². The molecule has 0 unspecified atom stereocenters. The minimum absolute atomic E-state index is 0.00503. The van der Waals surface area contributed by atoms with Crippen molar-refractivity contribution in [3.63, 3.8) is 0 Å². The Kier molecular flexibility index (Phi) is 5.13. The molecule has 1 saturated heterocycles. The van der Waals surface area contributed by atoms with Crippen molar-refractivity contribution < 1.29 is 9.59 Å². The van der Waals surface area contributed by atoms with Gasteiger partial charge in [0.25, 0.3) is 11.8 Å². The van der Waals surface area contributed by atoms with Gasteiger partial charge in [0.2, 0.25) is 0 Å². The van der Waals surface area contributed by atoms with Crippen LogP contribution in [0.15, 0.2) is 54.9 Å². The first-order chi connectivity index (χ1) is 15.1. The second-order valence-electron chi connectivity index (χ2n) is 7.15. The predicted octanol–water partition coefficient (Wildman–Crippen LogP) is 3.13. The Hall–Kier alpha value is -3.30. The molecule has 0 spiro atoms. The smallest absolute Gasteiger partial charge is 0.264 e. The summed E-state index contributed by atoms with van der Waals surface area (Å²) in [7, 11) is 0. The number of hydrogen-bond acceptors (Lipinski definition) is 6. The average Bonchev–Trinajstić information content (AvgIpc) is 3.48. The van der Waals surface area contributed by atoms with E-state index in [-0.39, 0.29) is 11.8 Å². The maximum absolute atomic E-state index is 13.2. The Bertz CT molecular complexity index is 1230. The zero-order chi connectivity index (χ0) is 21.4. The van der Waals surface area contributed by atoms with E-state index in [1.807, 2.05) is 30.3 Å². The zero-order valence-electron chi connectivity index (χ0n) is 16.3. The van der Waals surface area contributed by atoms with Crippen molar-refractivity contribution in [3.8, 4) is 5.69 Å². The van der Waals surface area contributed by atoms with E-state index in [0.29, 0.717) is 42.5 Å². The van der Waals surface area contributed by atoms with Gasteiger partial charge in [-0.1, -0.05) is 29.8 Å². The molecule has 0 N–H and O–H groups in total. The fraction of sp³-hybridized carbons (Fsp3) is 0.190. The lowest BCUT2D eigenvalue weighted by molar-refractivity contribution is 0.0538. The first-order valence-corrected chi connectivity index (χ1v) is 10.9. The topological polar surface area (TPSA) is 84.2 Å². The number of piperazine rings is 1. The zero-order valence-corrected chi connectivity index (χ0v) is 17.9. The van der Waals surface area contributed by atoms with Gasteiger partial charge >= 0.3 is 0 Å². The van der Waals surface area contributed by atoms with Crippen LogP contribution in [0.4, 0.5) is 0 Å². The molecule has 8 nitrogen and oxygen atoms in total. The number of rotatable bonds is 3. The summed E-state index contributed by atoms with van der Waals surface area (Å²) in [6.07, 6.45) is 1.43. The molecular weight excluding hydrogens is 436 g/mol. The first kappa shape index (κ1) is 19.7. The van der Waals surface area contributed by atoms with Crippen molar-refractivity contribution in [1.82, 2.24) is 30.0 Å². The van der Waals surface area contributed by atoms with E-state index in [9.17, 15) is 9.59 Å². The summed E-state index contributed by atoms with van der Waals surface area (Å²) >= 11 is 7.64. The Morgan fingerprint density at radius 3 is 2.39 bits per heavy atom. The summed E-state index contributed by atoms with van der Waals surface area (Å²) < 4.78 is 2.53. The molecule has 0 bridgehead atoms. The number of nitrogens with zero attached hydrogens (tertiary/aromatic N) is 6. The third kappa shape index (κ3) is 3.77. The van der Waals surface area contributed by atoms with Gasteiger partial charge in [-0.15, -0.1) is 16.4 Å². The van der Waals surface area contributed by atoms with Crippen molar-refractivity contribution in [1.29, 1.82) is 0 Å². The highest BCUT2D eigenvalue weighted by atomic mass is 35.5. The molecule has 5 rings (SSSR count). The fourth-order valence-corrected chi connectivity index (χ4v) is 4.88. The molecule has 0 atom stereocenters. The van der Waals surface area contributed by atoms with E-state index >= 15 is 0 Å². The van der Waals surface area contributed by atoms with Crippen LogP contribution in [0.25, 0.3) is 15.8 Å².